The van der Waals surface area contributed by atoms with E-state index in [1.807, 2.05) is 0 Å². The van der Waals surface area contributed by atoms with Gasteiger partial charge in [0.05, 0.1) is 5.56 Å². The van der Waals surface area contributed by atoms with Crippen molar-refractivity contribution >= 4 is 5.78 Å². The molecule has 0 amide bonds. The van der Waals surface area contributed by atoms with Crippen LogP contribution in [0, 0.1) is 0 Å². The molecule has 0 aliphatic rings. The van der Waals surface area contributed by atoms with Crippen molar-refractivity contribution in [1.82, 2.24) is 0 Å². The molecule has 0 unspecified atom stereocenters. The van der Waals surface area contributed by atoms with E-state index < -0.39 is 35.4 Å². The highest BCUT2D eigenvalue weighted by molar-refractivity contribution is 5.95. The Morgan fingerprint density at radius 3 is 2.29 bits per heavy atom. The number of Topliss-reactive ketones (excluding diaryl/α,β-unsaturated/α-hetero) is 1. The fraction of sp³-hybridized carbons (Fsp3) is 0.300. The Balaban J connectivity index is 3.25. The van der Waals surface area contributed by atoms with Crippen LogP contribution in [0.4, 0.5) is 22.0 Å². The molecule has 94 valence electrons. The molecular weight excluding hydrogens is 247 g/mol. The standard InChI is InChI=1S/C10H7F5O2/c1-5(16)7-3-2-6(17-9(11)12)4-8(7)10(13,14)15/h2-4,9H,1H3. The number of ether oxygens (including phenoxy) is 1. The zero-order chi connectivity index (χ0) is 13.2. The van der Waals surface area contributed by atoms with Gasteiger partial charge >= 0.3 is 12.8 Å². The second-order valence-corrected chi connectivity index (χ2v) is 3.14. The summed E-state index contributed by atoms with van der Waals surface area (Å²) in [6, 6.07) is 2.07. The summed E-state index contributed by atoms with van der Waals surface area (Å²) in [6.45, 7) is -2.27. The molecule has 0 spiro atoms. The Labute approximate surface area is 93.0 Å². The van der Waals surface area contributed by atoms with E-state index >= 15 is 0 Å². The van der Waals surface area contributed by atoms with Crippen LogP contribution in [0.2, 0.25) is 0 Å². The molecule has 0 N–H and O–H groups in total. The average Bonchev–Trinajstić information content (AvgIpc) is 2.14. The first-order chi connectivity index (χ1) is 7.71. The van der Waals surface area contributed by atoms with Gasteiger partial charge in [-0.05, 0) is 25.1 Å². The topological polar surface area (TPSA) is 26.3 Å². The maximum absolute atomic E-state index is 12.5. The van der Waals surface area contributed by atoms with Crippen molar-refractivity contribution in [1.29, 1.82) is 0 Å². The van der Waals surface area contributed by atoms with Crippen LogP contribution in [0.1, 0.15) is 22.8 Å². The van der Waals surface area contributed by atoms with Gasteiger partial charge in [0, 0.05) is 5.56 Å². The minimum absolute atomic E-state index is 0.378. The first-order valence-corrected chi connectivity index (χ1v) is 4.39. The van der Waals surface area contributed by atoms with E-state index in [2.05, 4.69) is 4.74 Å². The number of rotatable bonds is 3. The van der Waals surface area contributed by atoms with Crippen LogP contribution in [0.3, 0.4) is 0 Å². The highest BCUT2D eigenvalue weighted by Gasteiger charge is 2.35. The van der Waals surface area contributed by atoms with Gasteiger partial charge in [0.2, 0.25) is 0 Å². The Hall–Kier alpha value is -1.66. The molecule has 0 heterocycles. The lowest BCUT2D eigenvalue weighted by atomic mass is 10.0. The lowest BCUT2D eigenvalue weighted by molar-refractivity contribution is -0.138. The van der Waals surface area contributed by atoms with Gasteiger partial charge < -0.3 is 4.74 Å². The molecule has 1 rings (SSSR count). The van der Waals surface area contributed by atoms with E-state index in [4.69, 9.17) is 0 Å². The molecule has 0 bridgehead atoms. The highest BCUT2D eigenvalue weighted by Crippen LogP contribution is 2.34. The summed E-state index contributed by atoms with van der Waals surface area (Å²) in [7, 11) is 0. The van der Waals surface area contributed by atoms with Crippen LogP contribution in [0.15, 0.2) is 18.2 Å². The van der Waals surface area contributed by atoms with Crippen molar-refractivity contribution in [3.63, 3.8) is 0 Å². The number of ketones is 1. The van der Waals surface area contributed by atoms with E-state index in [0.717, 1.165) is 19.1 Å². The number of benzene rings is 1. The Bertz CT molecular complexity index is 425. The molecule has 1 aromatic carbocycles. The maximum atomic E-state index is 12.5. The predicted octanol–water partition coefficient (Wildman–Crippen LogP) is 3.51. The summed E-state index contributed by atoms with van der Waals surface area (Å²) in [5.41, 5.74) is -1.87. The van der Waals surface area contributed by atoms with E-state index in [1.54, 1.807) is 0 Å². The minimum Gasteiger partial charge on any atom is -0.435 e. The van der Waals surface area contributed by atoms with E-state index in [0.29, 0.717) is 6.07 Å². The van der Waals surface area contributed by atoms with Gasteiger partial charge in [-0.2, -0.15) is 22.0 Å². The van der Waals surface area contributed by atoms with Crippen molar-refractivity contribution in [3.8, 4) is 5.75 Å². The second-order valence-electron chi connectivity index (χ2n) is 3.14. The molecular formula is C10H7F5O2. The molecule has 0 radical (unpaired) electrons. The molecule has 0 aliphatic carbocycles. The first kappa shape index (κ1) is 13.4. The van der Waals surface area contributed by atoms with Gasteiger partial charge in [-0.15, -0.1) is 0 Å². The molecule has 0 aromatic heterocycles. The zero-order valence-electron chi connectivity index (χ0n) is 8.52. The van der Waals surface area contributed by atoms with Gasteiger partial charge in [-0.3, -0.25) is 4.79 Å². The summed E-state index contributed by atoms with van der Waals surface area (Å²) in [5, 5.41) is 0. The molecule has 0 atom stereocenters. The first-order valence-electron chi connectivity index (χ1n) is 4.39. The van der Waals surface area contributed by atoms with Gasteiger partial charge in [-0.25, -0.2) is 0 Å². The number of halogens is 5. The lowest BCUT2D eigenvalue weighted by Gasteiger charge is -2.13. The van der Waals surface area contributed by atoms with Crippen LogP contribution in [-0.4, -0.2) is 12.4 Å². The number of carbonyl (C=O) groups excluding carboxylic acids is 1. The molecule has 7 heteroatoms. The Kier molecular flexibility index (Phi) is 3.69. The van der Waals surface area contributed by atoms with E-state index in [-0.39, 0.29) is 0 Å². The monoisotopic (exact) mass is 254 g/mol. The van der Waals surface area contributed by atoms with Crippen molar-refractivity contribution in [2.24, 2.45) is 0 Å². The van der Waals surface area contributed by atoms with Gasteiger partial charge in [0.15, 0.2) is 5.78 Å². The van der Waals surface area contributed by atoms with E-state index in [1.165, 1.54) is 0 Å². The molecule has 2 nitrogen and oxygen atoms in total. The quantitative estimate of drug-likeness (QED) is 0.609. The molecule has 0 aliphatic heterocycles. The van der Waals surface area contributed by atoms with Crippen molar-refractivity contribution in [3.05, 3.63) is 29.3 Å². The molecule has 1 aromatic rings. The largest absolute Gasteiger partial charge is 0.435 e. The fourth-order valence-electron chi connectivity index (χ4n) is 1.24. The number of hydrogen-bond donors (Lipinski definition) is 0. The maximum Gasteiger partial charge on any atom is 0.417 e. The summed E-state index contributed by atoms with van der Waals surface area (Å²) < 4.78 is 65.1. The van der Waals surface area contributed by atoms with Crippen LogP contribution in [0.5, 0.6) is 5.75 Å². The van der Waals surface area contributed by atoms with Crippen LogP contribution >= 0.6 is 0 Å². The van der Waals surface area contributed by atoms with Crippen LogP contribution in [-0.2, 0) is 6.18 Å². The summed E-state index contributed by atoms with van der Waals surface area (Å²) >= 11 is 0. The summed E-state index contributed by atoms with van der Waals surface area (Å²) in [6.07, 6.45) is -4.80. The minimum atomic E-state index is -4.80. The molecule has 17 heavy (non-hydrogen) atoms. The molecule has 0 saturated carbocycles. The molecule has 0 fully saturated rings. The number of hydrogen-bond acceptors (Lipinski definition) is 2. The summed E-state index contributed by atoms with van der Waals surface area (Å²) in [5.74, 6) is -1.45. The average molecular weight is 254 g/mol. The third-order valence-corrected chi connectivity index (χ3v) is 1.90. The number of carbonyl (C=O) groups is 1. The highest BCUT2D eigenvalue weighted by atomic mass is 19.4. The number of alkyl halides is 5. The van der Waals surface area contributed by atoms with Crippen LogP contribution in [0.25, 0.3) is 0 Å². The zero-order valence-corrected chi connectivity index (χ0v) is 8.52. The van der Waals surface area contributed by atoms with Gasteiger partial charge in [-0.1, -0.05) is 0 Å². The van der Waals surface area contributed by atoms with Gasteiger partial charge in [0.25, 0.3) is 0 Å². The fourth-order valence-corrected chi connectivity index (χ4v) is 1.24. The van der Waals surface area contributed by atoms with Crippen LogP contribution < -0.4 is 4.74 Å². The van der Waals surface area contributed by atoms with Crippen molar-refractivity contribution < 1.29 is 31.5 Å². The smallest absolute Gasteiger partial charge is 0.417 e. The normalized spacial score (nSPS) is 11.7. The summed E-state index contributed by atoms with van der Waals surface area (Å²) in [4.78, 5) is 11.0. The Morgan fingerprint density at radius 1 is 1.29 bits per heavy atom. The third-order valence-electron chi connectivity index (χ3n) is 1.90. The Morgan fingerprint density at radius 2 is 1.88 bits per heavy atom. The SMILES string of the molecule is CC(=O)c1ccc(OC(F)F)cc1C(F)(F)F. The lowest BCUT2D eigenvalue weighted by Crippen LogP contribution is -2.12. The second kappa shape index (κ2) is 4.68. The van der Waals surface area contributed by atoms with Crippen molar-refractivity contribution in [2.75, 3.05) is 0 Å². The van der Waals surface area contributed by atoms with Gasteiger partial charge in [0.1, 0.15) is 5.75 Å². The van der Waals surface area contributed by atoms with Crippen molar-refractivity contribution in [2.45, 2.75) is 19.7 Å². The molecule has 0 saturated heterocycles. The predicted molar refractivity (Wildman–Crippen MR) is 48.1 cm³/mol. The third kappa shape index (κ3) is 3.40. The van der Waals surface area contributed by atoms with E-state index in [9.17, 15) is 26.7 Å².